The predicted molar refractivity (Wildman–Crippen MR) is 69.0 cm³/mol. The molecular formula is C16H20N2. The Morgan fingerprint density at radius 2 is 1.78 bits per heavy atom. The molecule has 0 N–H and O–H groups in total. The molecule has 4 aliphatic rings. The van der Waals surface area contributed by atoms with E-state index in [0.29, 0.717) is 29.6 Å². The Balaban J connectivity index is 2.19. The average Bonchev–Trinajstić information content (AvgIpc) is 2.35. The first-order chi connectivity index (χ1) is 8.52. The maximum absolute atomic E-state index is 9.47. The Bertz CT molecular complexity index is 500. The number of nitriles is 2. The first kappa shape index (κ1) is 11.8. The van der Waals surface area contributed by atoms with Gasteiger partial charge < -0.3 is 0 Å². The van der Waals surface area contributed by atoms with Gasteiger partial charge in [0.2, 0.25) is 0 Å². The van der Waals surface area contributed by atoms with Gasteiger partial charge in [-0.1, -0.05) is 27.2 Å². The van der Waals surface area contributed by atoms with Crippen molar-refractivity contribution in [1.29, 1.82) is 10.5 Å². The Hall–Kier alpha value is -1.28. The molecule has 0 aliphatic heterocycles. The van der Waals surface area contributed by atoms with Crippen molar-refractivity contribution >= 4 is 0 Å². The maximum atomic E-state index is 9.47. The third kappa shape index (κ3) is 1.22. The molecule has 4 rings (SSSR count). The molecule has 0 amide bonds. The second-order valence-electron chi connectivity index (χ2n) is 7.01. The molecule has 2 nitrogen and oxygen atoms in total. The predicted octanol–water partition coefficient (Wildman–Crippen LogP) is 3.67. The van der Waals surface area contributed by atoms with Crippen LogP contribution in [0.4, 0.5) is 0 Å². The SMILES string of the molecule is C[C@@H]1CC[C@@H]2[C@H]3C(C#N)=C(C#N)[C@H](C[C@H]31)C2(C)C. The van der Waals surface area contributed by atoms with Gasteiger partial charge in [0.15, 0.2) is 0 Å². The number of rotatable bonds is 0. The molecule has 94 valence electrons. The highest BCUT2D eigenvalue weighted by atomic mass is 14.6. The molecule has 2 heteroatoms. The first-order valence-electron chi connectivity index (χ1n) is 7.06. The molecule has 0 heterocycles. The van der Waals surface area contributed by atoms with Crippen LogP contribution in [0.5, 0.6) is 0 Å². The van der Waals surface area contributed by atoms with Crippen LogP contribution in [-0.4, -0.2) is 0 Å². The van der Waals surface area contributed by atoms with Crippen LogP contribution in [0, 0.1) is 57.7 Å². The summed E-state index contributed by atoms with van der Waals surface area (Å²) in [6, 6.07) is 4.73. The third-order valence-corrected chi connectivity index (χ3v) is 6.13. The number of hydrogen-bond acceptors (Lipinski definition) is 2. The van der Waals surface area contributed by atoms with Crippen LogP contribution in [-0.2, 0) is 0 Å². The third-order valence-electron chi connectivity index (χ3n) is 6.13. The van der Waals surface area contributed by atoms with E-state index in [2.05, 4.69) is 32.9 Å². The van der Waals surface area contributed by atoms with Gasteiger partial charge in [-0.2, -0.15) is 10.5 Å². The standard InChI is InChI=1S/C16H20N2/c1-9-4-5-13-15-10(9)6-14(16(13,2)3)11(7-17)12(15)8-18/h9-10,13-15H,4-6H2,1-3H3/t9-,10+,13-,14+,15-/m1/s1. The second kappa shape index (κ2) is 3.61. The van der Waals surface area contributed by atoms with Gasteiger partial charge in [0.05, 0.1) is 12.1 Å². The van der Waals surface area contributed by atoms with E-state index < -0.39 is 0 Å². The normalized spacial score (nSPS) is 44.4. The lowest BCUT2D eigenvalue weighted by atomic mass is 9.42. The molecule has 4 bridgehead atoms. The molecule has 5 atom stereocenters. The fraction of sp³-hybridized carbons (Fsp3) is 0.750. The lowest BCUT2D eigenvalue weighted by Crippen LogP contribution is -2.55. The van der Waals surface area contributed by atoms with E-state index in [1.807, 2.05) is 0 Å². The molecule has 2 saturated carbocycles. The van der Waals surface area contributed by atoms with Gasteiger partial charge in [-0.25, -0.2) is 0 Å². The van der Waals surface area contributed by atoms with Crippen LogP contribution in [0.15, 0.2) is 11.1 Å². The van der Waals surface area contributed by atoms with Gasteiger partial charge in [0, 0.05) is 23.0 Å². The fourth-order valence-electron chi connectivity index (χ4n) is 5.08. The molecule has 0 aromatic heterocycles. The van der Waals surface area contributed by atoms with Crippen molar-refractivity contribution in [2.45, 2.75) is 40.0 Å². The van der Waals surface area contributed by atoms with Crippen molar-refractivity contribution in [3.05, 3.63) is 11.1 Å². The number of nitrogens with zero attached hydrogens (tertiary/aromatic N) is 2. The quantitative estimate of drug-likeness (QED) is 0.648. The van der Waals surface area contributed by atoms with E-state index in [9.17, 15) is 10.5 Å². The van der Waals surface area contributed by atoms with E-state index in [-0.39, 0.29) is 5.41 Å². The Morgan fingerprint density at radius 1 is 1.11 bits per heavy atom. The summed E-state index contributed by atoms with van der Waals surface area (Å²) < 4.78 is 0. The Labute approximate surface area is 109 Å². The van der Waals surface area contributed by atoms with Crippen LogP contribution >= 0.6 is 0 Å². The largest absolute Gasteiger partial charge is 0.193 e. The number of hydrogen-bond donors (Lipinski definition) is 0. The molecule has 2 fully saturated rings. The zero-order chi connectivity index (χ0) is 13.1. The van der Waals surface area contributed by atoms with Crippen molar-refractivity contribution in [1.82, 2.24) is 0 Å². The minimum absolute atomic E-state index is 0.201. The van der Waals surface area contributed by atoms with E-state index in [0.717, 1.165) is 17.6 Å². The second-order valence-corrected chi connectivity index (χ2v) is 7.01. The summed E-state index contributed by atoms with van der Waals surface area (Å²) >= 11 is 0. The lowest BCUT2D eigenvalue weighted by Gasteiger charge is -2.60. The minimum atomic E-state index is 0.201. The maximum Gasteiger partial charge on any atom is 0.0960 e. The Kier molecular flexibility index (Phi) is 2.36. The average molecular weight is 240 g/mol. The van der Waals surface area contributed by atoms with Crippen molar-refractivity contribution < 1.29 is 0 Å². The summed E-state index contributed by atoms with van der Waals surface area (Å²) in [6.45, 7) is 6.95. The van der Waals surface area contributed by atoms with Crippen LogP contribution in [0.2, 0.25) is 0 Å². The van der Waals surface area contributed by atoms with Crippen LogP contribution in [0.1, 0.15) is 40.0 Å². The summed E-state index contributed by atoms with van der Waals surface area (Å²) in [6.07, 6.45) is 3.65. The molecule has 18 heavy (non-hydrogen) atoms. The van der Waals surface area contributed by atoms with Gasteiger partial charge in [-0.05, 0) is 36.0 Å². The summed E-state index contributed by atoms with van der Waals surface area (Å²) in [5, 5.41) is 18.9. The zero-order valence-electron chi connectivity index (χ0n) is 11.4. The zero-order valence-corrected chi connectivity index (χ0v) is 11.4. The molecule has 0 unspecified atom stereocenters. The van der Waals surface area contributed by atoms with Crippen molar-refractivity contribution in [2.75, 3.05) is 0 Å². The number of allylic oxidation sites excluding steroid dienone is 2. The van der Waals surface area contributed by atoms with Crippen molar-refractivity contribution in [2.24, 2.45) is 35.0 Å². The molecule has 0 aromatic rings. The minimum Gasteiger partial charge on any atom is -0.193 e. The van der Waals surface area contributed by atoms with Gasteiger partial charge in [-0.3, -0.25) is 0 Å². The van der Waals surface area contributed by atoms with E-state index >= 15 is 0 Å². The smallest absolute Gasteiger partial charge is 0.0960 e. The summed E-state index contributed by atoms with van der Waals surface area (Å²) in [7, 11) is 0. The first-order valence-corrected chi connectivity index (χ1v) is 7.06. The Morgan fingerprint density at radius 3 is 2.39 bits per heavy atom. The topological polar surface area (TPSA) is 47.6 Å². The summed E-state index contributed by atoms with van der Waals surface area (Å²) in [5.74, 6) is 2.67. The van der Waals surface area contributed by atoms with Gasteiger partial charge in [0.25, 0.3) is 0 Å². The molecule has 0 spiro atoms. The van der Waals surface area contributed by atoms with Crippen LogP contribution < -0.4 is 0 Å². The van der Waals surface area contributed by atoms with Gasteiger partial charge in [0.1, 0.15) is 0 Å². The van der Waals surface area contributed by atoms with Crippen molar-refractivity contribution in [3.8, 4) is 12.1 Å². The van der Waals surface area contributed by atoms with E-state index in [1.165, 1.54) is 12.8 Å². The van der Waals surface area contributed by atoms with Gasteiger partial charge >= 0.3 is 0 Å². The molecular weight excluding hydrogens is 220 g/mol. The van der Waals surface area contributed by atoms with E-state index in [1.54, 1.807) is 0 Å². The lowest BCUT2D eigenvalue weighted by molar-refractivity contribution is -0.0647. The monoisotopic (exact) mass is 240 g/mol. The highest BCUT2D eigenvalue weighted by molar-refractivity contribution is 5.47. The molecule has 4 aliphatic carbocycles. The molecule has 0 saturated heterocycles. The highest BCUT2D eigenvalue weighted by Gasteiger charge is 2.59. The molecule has 0 aromatic carbocycles. The summed E-state index contributed by atoms with van der Waals surface area (Å²) in [5.41, 5.74) is 1.86. The summed E-state index contributed by atoms with van der Waals surface area (Å²) in [4.78, 5) is 0. The fourth-order valence-corrected chi connectivity index (χ4v) is 5.08. The van der Waals surface area contributed by atoms with Crippen LogP contribution in [0.25, 0.3) is 0 Å². The van der Waals surface area contributed by atoms with Crippen molar-refractivity contribution in [3.63, 3.8) is 0 Å². The van der Waals surface area contributed by atoms with Crippen LogP contribution in [0.3, 0.4) is 0 Å². The van der Waals surface area contributed by atoms with Gasteiger partial charge in [-0.15, -0.1) is 0 Å². The van der Waals surface area contributed by atoms with E-state index in [4.69, 9.17) is 0 Å². The highest BCUT2D eigenvalue weighted by Crippen LogP contribution is 2.65. The molecule has 0 radical (unpaired) electrons.